The van der Waals surface area contributed by atoms with E-state index in [1.165, 1.54) is 12.1 Å². The van der Waals surface area contributed by atoms with Crippen LogP contribution in [-0.4, -0.2) is 26.8 Å². The highest BCUT2D eigenvalue weighted by Gasteiger charge is 2.21. The quantitative estimate of drug-likeness (QED) is 0.810. The van der Waals surface area contributed by atoms with Crippen LogP contribution < -0.4 is 10.0 Å². The van der Waals surface area contributed by atoms with E-state index in [0.29, 0.717) is 13.1 Å². The van der Waals surface area contributed by atoms with Gasteiger partial charge in [-0.15, -0.1) is 0 Å². The molecule has 114 valence electrons. The molecule has 0 amide bonds. The molecule has 7 heteroatoms. The Labute approximate surface area is 118 Å². The molecule has 1 aromatic carbocycles. The molecule has 0 spiro atoms. The Balaban J connectivity index is 2.54. The maximum absolute atomic E-state index is 12.5. The number of benzene rings is 1. The monoisotopic (exact) mass is 306 g/mol. The number of hydrogen-bond donors (Lipinski definition) is 2. The zero-order valence-electron chi connectivity index (χ0n) is 11.8. The first kappa shape index (κ1) is 17.0. The van der Waals surface area contributed by atoms with E-state index in [9.17, 15) is 17.2 Å². The first-order valence-electron chi connectivity index (χ1n) is 6.16. The van der Waals surface area contributed by atoms with Crippen LogP contribution in [0.2, 0.25) is 0 Å². The molecule has 0 atom stereocenters. The molecule has 0 aliphatic carbocycles. The molecule has 0 saturated heterocycles. The fourth-order valence-electron chi connectivity index (χ4n) is 1.90. The van der Waals surface area contributed by atoms with Crippen LogP contribution in [0.25, 0.3) is 0 Å². The van der Waals surface area contributed by atoms with E-state index in [1.54, 1.807) is 26.0 Å². The summed E-state index contributed by atoms with van der Waals surface area (Å²) in [5.74, 6) is 0. The standard InChI is InChI=1S/C13H20F2N2O2S/c1-13(2,17-20(3,18)19)9-16-8-10-5-4-6-11(7-10)12(14)15/h4-7,12,16-17H,8-9H2,1-3H3. The van der Waals surface area contributed by atoms with Crippen molar-refractivity contribution in [1.29, 1.82) is 0 Å². The minimum atomic E-state index is -3.28. The molecule has 0 aromatic heterocycles. The Bertz CT molecular complexity index is 545. The molecule has 0 aliphatic heterocycles. The van der Waals surface area contributed by atoms with Crippen molar-refractivity contribution >= 4 is 10.0 Å². The van der Waals surface area contributed by atoms with E-state index >= 15 is 0 Å². The van der Waals surface area contributed by atoms with Gasteiger partial charge in [-0.1, -0.05) is 18.2 Å². The van der Waals surface area contributed by atoms with Gasteiger partial charge >= 0.3 is 0 Å². The summed E-state index contributed by atoms with van der Waals surface area (Å²) in [4.78, 5) is 0. The van der Waals surface area contributed by atoms with Crippen LogP contribution >= 0.6 is 0 Å². The van der Waals surface area contributed by atoms with E-state index in [4.69, 9.17) is 0 Å². The van der Waals surface area contributed by atoms with E-state index in [-0.39, 0.29) is 5.56 Å². The first-order chi connectivity index (χ1) is 9.09. The van der Waals surface area contributed by atoms with Gasteiger partial charge in [-0.25, -0.2) is 21.9 Å². The van der Waals surface area contributed by atoms with Gasteiger partial charge in [0.25, 0.3) is 6.43 Å². The van der Waals surface area contributed by atoms with Gasteiger partial charge in [0.2, 0.25) is 10.0 Å². The number of alkyl halides is 2. The highest BCUT2D eigenvalue weighted by Crippen LogP contribution is 2.19. The van der Waals surface area contributed by atoms with Crippen molar-refractivity contribution in [2.45, 2.75) is 32.4 Å². The van der Waals surface area contributed by atoms with Gasteiger partial charge in [-0.3, -0.25) is 0 Å². The Morgan fingerprint density at radius 3 is 2.50 bits per heavy atom. The number of halogens is 2. The van der Waals surface area contributed by atoms with Crippen LogP contribution in [0, 0.1) is 0 Å². The third-order valence-corrected chi connectivity index (χ3v) is 3.48. The largest absolute Gasteiger partial charge is 0.311 e. The second-order valence-corrected chi connectivity index (χ2v) is 7.16. The third kappa shape index (κ3) is 6.40. The molecule has 1 rings (SSSR count). The Morgan fingerprint density at radius 2 is 1.95 bits per heavy atom. The zero-order chi connectivity index (χ0) is 15.4. The van der Waals surface area contributed by atoms with Crippen LogP contribution in [0.3, 0.4) is 0 Å². The van der Waals surface area contributed by atoms with Gasteiger partial charge < -0.3 is 5.32 Å². The highest BCUT2D eigenvalue weighted by atomic mass is 32.2. The Morgan fingerprint density at radius 1 is 1.30 bits per heavy atom. The van der Waals surface area contributed by atoms with Crippen molar-refractivity contribution in [3.8, 4) is 0 Å². The van der Waals surface area contributed by atoms with Crippen LogP contribution in [0.4, 0.5) is 8.78 Å². The minimum absolute atomic E-state index is 0.0159. The molecule has 1 aromatic rings. The number of rotatable bonds is 7. The maximum Gasteiger partial charge on any atom is 0.263 e. The lowest BCUT2D eigenvalue weighted by molar-refractivity contribution is 0.151. The summed E-state index contributed by atoms with van der Waals surface area (Å²) in [6.45, 7) is 4.28. The fourth-order valence-corrected chi connectivity index (χ4v) is 2.97. The van der Waals surface area contributed by atoms with Crippen LogP contribution in [-0.2, 0) is 16.6 Å². The van der Waals surface area contributed by atoms with Gasteiger partial charge in [-0.2, -0.15) is 0 Å². The van der Waals surface area contributed by atoms with Crippen molar-refractivity contribution in [3.63, 3.8) is 0 Å². The van der Waals surface area contributed by atoms with Crippen molar-refractivity contribution in [3.05, 3.63) is 35.4 Å². The van der Waals surface area contributed by atoms with Crippen LogP contribution in [0.5, 0.6) is 0 Å². The molecular weight excluding hydrogens is 286 g/mol. The minimum Gasteiger partial charge on any atom is -0.311 e. The topological polar surface area (TPSA) is 58.2 Å². The summed E-state index contributed by atoms with van der Waals surface area (Å²) in [5, 5.41) is 3.06. The van der Waals surface area contributed by atoms with Gasteiger partial charge in [-0.05, 0) is 25.5 Å². The summed E-state index contributed by atoms with van der Waals surface area (Å²) in [7, 11) is -3.28. The maximum atomic E-state index is 12.5. The predicted molar refractivity (Wildman–Crippen MR) is 75.2 cm³/mol. The lowest BCUT2D eigenvalue weighted by Crippen LogP contribution is -2.49. The number of sulfonamides is 1. The van der Waals surface area contributed by atoms with Crippen LogP contribution in [0.1, 0.15) is 31.4 Å². The smallest absolute Gasteiger partial charge is 0.263 e. The normalized spacial score (nSPS) is 12.9. The molecule has 0 aliphatic rings. The van der Waals surface area contributed by atoms with Crippen molar-refractivity contribution in [2.75, 3.05) is 12.8 Å². The highest BCUT2D eigenvalue weighted by molar-refractivity contribution is 7.88. The second-order valence-electron chi connectivity index (χ2n) is 5.41. The molecule has 0 radical (unpaired) electrons. The summed E-state index contributed by atoms with van der Waals surface area (Å²) in [6, 6.07) is 6.15. The lowest BCUT2D eigenvalue weighted by Gasteiger charge is -2.25. The molecule has 0 fully saturated rings. The summed E-state index contributed by atoms with van der Waals surface area (Å²) < 4.78 is 50.0. The van der Waals surface area contributed by atoms with Gasteiger partial charge in [0.15, 0.2) is 0 Å². The average molecular weight is 306 g/mol. The molecule has 20 heavy (non-hydrogen) atoms. The lowest BCUT2D eigenvalue weighted by atomic mass is 10.1. The van der Waals surface area contributed by atoms with E-state index < -0.39 is 22.0 Å². The summed E-state index contributed by atoms with van der Waals surface area (Å²) in [6.07, 6.45) is -1.39. The van der Waals surface area contributed by atoms with Crippen molar-refractivity contribution in [1.82, 2.24) is 10.0 Å². The van der Waals surface area contributed by atoms with E-state index in [2.05, 4.69) is 10.0 Å². The molecule has 0 heterocycles. The van der Waals surface area contributed by atoms with Gasteiger partial charge in [0.05, 0.1) is 6.26 Å². The Hall–Kier alpha value is -1.05. The summed E-state index contributed by atoms with van der Waals surface area (Å²) in [5.41, 5.74) is 0.0734. The average Bonchev–Trinajstić information content (AvgIpc) is 2.25. The molecule has 2 N–H and O–H groups in total. The second kappa shape index (κ2) is 6.60. The van der Waals surface area contributed by atoms with Crippen molar-refractivity contribution < 1.29 is 17.2 Å². The van der Waals surface area contributed by atoms with E-state index in [1.807, 2.05) is 0 Å². The van der Waals surface area contributed by atoms with Crippen LogP contribution in [0.15, 0.2) is 24.3 Å². The molecule has 0 saturated carbocycles. The summed E-state index contributed by atoms with van der Waals surface area (Å²) >= 11 is 0. The zero-order valence-corrected chi connectivity index (χ0v) is 12.6. The number of nitrogens with one attached hydrogen (secondary N) is 2. The molecule has 0 unspecified atom stereocenters. The number of hydrogen-bond acceptors (Lipinski definition) is 3. The molecule has 4 nitrogen and oxygen atoms in total. The molecular formula is C13H20F2N2O2S. The molecule has 0 bridgehead atoms. The van der Waals surface area contributed by atoms with E-state index in [0.717, 1.165) is 11.8 Å². The fraction of sp³-hybridized carbons (Fsp3) is 0.538. The van der Waals surface area contributed by atoms with Crippen molar-refractivity contribution in [2.24, 2.45) is 0 Å². The first-order valence-corrected chi connectivity index (χ1v) is 8.05. The Kier molecular flexibility index (Phi) is 5.61. The third-order valence-electron chi connectivity index (χ3n) is 2.56. The predicted octanol–water partition coefficient (Wildman–Crippen LogP) is 2.04. The van der Waals surface area contributed by atoms with Gasteiger partial charge in [0.1, 0.15) is 0 Å². The van der Waals surface area contributed by atoms with Gasteiger partial charge in [0, 0.05) is 24.2 Å². The SMILES string of the molecule is CC(C)(CNCc1cccc(C(F)F)c1)NS(C)(=O)=O.